The highest BCUT2D eigenvalue weighted by Crippen LogP contribution is 2.33. The van der Waals surface area contributed by atoms with Gasteiger partial charge in [0, 0.05) is 6.04 Å². The number of ether oxygens (including phenoxy) is 2. The van der Waals surface area contributed by atoms with Crippen molar-refractivity contribution >= 4 is 23.4 Å². The Hall–Kier alpha value is -2.73. The number of aryl methyl sites for hydroxylation is 1. The highest BCUT2D eigenvalue weighted by molar-refractivity contribution is 6.27. The lowest BCUT2D eigenvalue weighted by atomic mass is 9.94. The summed E-state index contributed by atoms with van der Waals surface area (Å²) in [7, 11) is 0. The number of rotatable bonds is 7. The number of para-hydroxylation sites is 2. The van der Waals surface area contributed by atoms with Crippen molar-refractivity contribution in [2.45, 2.75) is 57.2 Å². The Bertz CT molecular complexity index is 976. The Morgan fingerprint density at radius 1 is 1.06 bits per heavy atom. The Kier molecular flexibility index (Phi) is 7.76. The van der Waals surface area contributed by atoms with Crippen LogP contribution in [0.15, 0.2) is 48.5 Å². The summed E-state index contributed by atoms with van der Waals surface area (Å²) in [5.74, 6) is 0.599. The van der Waals surface area contributed by atoms with Gasteiger partial charge in [0.25, 0.3) is 0 Å². The number of alkyl halides is 1. The second-order valence-electron chi connectivity index (χ2n) is 8.78. The molecule has 2 amide bonds. The molecule has 7 heteroatoms. The largest absolute Gasteiger partial charge is 0.486 e. The Morgan fingerprint density at radius 3 is 2.48 bits per heavy atom. The summed E-state index contributed by atoms with van der Waals surface area (Å²) >= 11 is 6.02. The van der Waals surface area contributed by atoms with Crippen LogP contribution in [0.5, 0.6) is 11.5 Å². The molecule has 0 radical (unpaired) electrons. The van der Waals surface area contributed by atoms with Crippen LogP contribution in [0.25, 0.3) is 0 Å². The van der Waals surface area contributed by atoms with E-state index in [1.165, 1.54) is 6.42 Å². The third-order valence-electron chi connectivity index (χ3n) is 6.40. The van der Waals surface area contributed by atoms with Crippen LogP contribution in [0.3, 0.4) is 0 Å². The topological polar surface area (TPSA) is 67.9 Å². The molecular formula is C26H31ClN2O4. The zero-order chi connectivity index (χ0) is 23.2. The fraction of sp³-hybridized carbons (Fsp3) is 0.462. The molecule has 2 aliphatic rings. The molecule has 2 atom stereocenters. The third kappa shape index (κ3) is 5.61. The molecule has 1 N–H and O–H groups in total. The molecule has 0 spiro atoms. The van der Waals surface area contributed by atoms with Crippen LogP contribution in [0.4, 0.5) is 0 Å². The number of carbonyl (C=O) groups is 2. The number of amides is 2. The normalized spacial score (nSPS) is 18.9. The molecule has 0 unspecified atom stereocenters. The zero-order valence-corrected chi connectivity index (χ0v) is 19.7. The second kappa shape index (κ2) is 10.9. The smallest absolute Gasteiger partial charge is 0.247 e. The van der Waals surface area contributed by atoms with E-state index in [2.05, 4.69) is 5.32 Å². The molecule has 1 aliphatic heterocycles. The van der Waals surface area contributed by atoms with E-state index in [9.17, 15) is 9.59 Å². The number of hydrogen-bond acceptors (Lipinski definition) is 4. The van der Waals surface area contributed by atoms with Gasteiger partial charge >= 0.3 is 0 Å². The van der Waals surface area contributed by atoms with Crippen molar-refractivity contribution in [1.82, 2.24) is 10.2 Å². The van der Waals surface area contributed by atoms with E-state index >= 15 is 0 Å². The van der Waals surface area contributed by atoms with E-state index < -0.39 is 12.1 Å². The molecule has 0 aromatic heterocycles. The molecule has 176 valence electrons. The summed E-state index contributed by atoms with van der Waals surface area (Å²) in [6.07, 6.45) is 4.93. The summed E-state index contributed by atoms with van der Waals surface area (Å²) in [6.45, 7) is 2.43. The monoisotopic (exact) mass is 470 g/mol. The summed E-state index contributed by atoms with van der Waals surface area (Å²) < 4.78 is 12.0. The molecule has 1 fully saturated rings. The fourth-order valence-electron chi connectivity index (χ4n) is 4.67. The van der Waals surface area contributed by atoms with E-state index in [-0.39, 0.29) is 36.9 Å². The van der Waals surface area contributed by atoms with Gasteiger partial charge in [-0.05, 0) is 43.0 Å². The zero-order valence-electron chi connectivity index (χ0n) is 19.0. The molecule has 6 nitrogen and oxygen atoms in total. The Balaban J connectivity index is 1.61. The van der Waals surface area contributed by atoms with Crippen LogP contribution in [0.2, 0.25) is 0 Å². The average molecular weight is 471 g/mol. The molecule has 1 saturated carbocycles. The fourth-order valence-corrected chi connectivity index (χ4v) is 4.83. The highest BCUT2D eigenvalue weighted by Gasteiger charge is 2.36. The van der Waals surface area contributed by atoms with Gasteiger partial charge in [-0.1, -0.05) is 55.7 Å². The van der Waals surface area contributed by atoms with E-state index in [1.807, 2.05) is 55.5 Å². The van der Waals surface area contributed by atoms with Gasteiger partial charge in [0.1, 0.15) is 18.5 Å². The molecule has 2 aromatic carbocycles. The van der Waals surface area contributed by atoms with Gasteiger partial charge in [0.2, 0.25) is 11.8 Å². The van der Waals surface area contributed by atoms with Gasteiger partial charge in [-0.3, -0.25) is 9.59 Å². The van der Waals surface area contributed by atoms with Crippen molar-refractivity contribution in [2.24, 2.45) is 0 Å². The molecule has 0 bridgehead atoms. The first-order chi connectivity index (χ1) is 16.1. The maximum absolute atomic E-state index is 13.6. The van der Waals surface area contributed by atoms with Crippen molar-refractivity contribution in [3.63, 3.8) is 0 Å². The minimum Gasteiger partial charge on any atom is -0.486 e. The summed E-state index contributed by atoms with van der Waals surface area (Å²) in [6, 6.07) is 14.5. The van der Waals surface area contributed by atoms with Gasteiger partial charge in [-0.25, -0.2) is 0 Å². The highest BCUT2D eigenvalue weighted by atomic mass is 35.5. The molecular weight excluding hydrogens is 440 g/mol. The SMILES string of the molecule is Cc1ccccc1[C@H](C(=O)NC1CCCCC1)N(C[C@H]1COc2ccccc2O1)C(=O)CCl. The van der Waals surface area contributed by atoms with Crippen LogP contribution in [0, 0.1) is 6.92 Å². The second-order valence-corrected chi connectivity index (χ2v) is 9.05. The third-order valence-corrected chi connectivity index (χ3v) is 6.63. The van der Waals surface area contributed by atoms with Gasteiger partial charge < -0.3 is 19.7 Å². The minimum atomic E-state index is -0.792. The number of nitrogens with one attached hydrogen (secondary N) is 1. The van der Waals surface area contributed by atoms with Gasteiger partial charge in [0.15, 0.2) is 17.6 Å². The maximum Gasteiger partial charge on any atom is 0.247 e. The average Bonchev–Trinajstić information content (AvgIpc) is 2.84. The van der Waals surface area contributed by atoms with E-state index in [0.717, 1.165) is 36.8 Å². The van der Waals surface area contributed by atoms with Crippen LogP contribution >= 0.6 is 11.6 Å². The van der Waals surface area contributed by atoms with Crippen molar-refractivity contribution in [3.8, 4) is 11.5 Å². The summed E-state index contributed by atoms with van der Waals surface area (Å²) in [4.78, 5) is 28.3. The number of hydrogen-bond donors (Lipinski definition) is 1. The number of benzene rings is 2. The number of nitrogens with zero attached hydrogens (tertiary/aromatic N) is 1. The lowest BCUT2D eigenvalue weighted by molar-refractivity contribution is -0.141. The van der Waals surface area contributed by atoms with Crippen LogP contribution in [0.1, 0.15) is 49.3 Å². The standard InChI is InChI=1S/C26H31ClN2O4/c1-18-9-5-6-12-21(18)25(26(31)28-19-10-3-2-4-11-19)29(24(30)15-27)16-20-17-32-22-13-7-8-14-23(22)33-20/h5-9,12-14,19-20,25H,2-4,10-11,15-17H2,1H3,(H,28,31)/t20-,25+/m0/s1. The lowest BCUT2D eigenvalue weighted by Crippen LogP contribution is -2.51. The van der Waals surface area contributed by atoms with E-state index in [0.29, 0.717) is 11.5 Å². The van der Waals surface area contributed by atoms with Crippen molar-refractivity contribution in [3.05, 3.63) is 59.7 Å². The molecule has 1 aliphatic carbocycles. The predicted octanol–water partition coefficient (Wildman–Crippen LogP) is 4.39. The minimum absolute atomic E-state index is 0.131. The van der Waals surface area contributed by atoms with Crippen molar-refractivity contribution in [2.75, 3.05) is 19.0 Å². The maximum atomic E-state index is 13.6. The van der Waals surface area contributed by atoms with Gasteiger partial charge in [0.05, 0.1) is 6.54 Å². The van der Waals surface area contributed by atoms with Gasteiger partial charge in [-0.15, -0.1) is 11.6 Å². The van der Waals surface area contributed by atoms with Crippen LogP contribution in [-0.4, -0.2) is 47.9 Å². The molecule has 2 aromatic rings. The number of carbonyl (C=O) groups excluding carboxylic acids is 2. The Labute approximate surface area is 200 Å². The van der Waals surface area contributed by atoms with Crippen molar-refractivity contribution < 1.29 is 19.1 Å². The lowest BCUT2D eigenvalue weighted by Gasteiger charge is -2.36. The van der Waals surface area contributed by atoms with E-state index in [4.69, 9.17) is 21.1 Å². The first-order valence-corrected chi connectivity index (χ1v) is 12.2. The van der Waals surface area contributed by atoms with Crippen molar-refractivity contribution in [1.29, 1.82) is 0 Å². The molecule has 4 rings (SSSR count). The predicted molar refractivity (Wildman–Crippen MR) is 128 cm³/mol. The number of halogens is 1. The summed E-state index contributed by atoms with van der Waals surface area (Å²) in [5.41, 5.74) is 1.74. The van der Waals surface area contributed by atoms with Crippen LogP contribution < -0.4 is 14.8 Å². The molecule has 1 heterocycles. The Morgan fingerprint density at radius 2 is 1.76 bits per heavy atom. The summed E-state index contributed by atoms with van der Waals surface area (Å²) in [5, 5.41) is 3.21. The first kappa shape index (κ1) is 23.4. The quantitative estimate of drug-likeness (QED) is 0.609. The molecule has 0 saturated heterocycles. The van der Waals surface area contributed by atoms with Crippen LogP contribution in [-0.2, 0) is 9.59 Å². The van der Waals surface area contributed by atoms with Gasteiger partial charge in [-0.2, -0.15) is 0 Å². The molecule has 33 heavy (non-hydrogen) atoms. The first-order valence-electron chi connectivity index (χ1n) is 11.7. The van der Waals surface area contributed by atoms with E-state index in [1.54, 1.807) is 4.90 Å². The number of fused-ring (bicyclic) bond motifs is 1.